The predicted molar refractivity (Wildman–Crippen MR) is 74.1 cm³/mol. The fourth-order valence-corrected chi connectivity index (χ4v) is 3.82. The van der Waals surface area contributed by atoms with Crippen molar-refractivity contribution in [2.75, 3.05) is 7.11 Å². The van der Waals surface area contributed by atoms with Gasteiger partial charge in [-0.2, -0.15) is 4.57 Å². The van der Waals surface area contributed by atoms with Crippen LogP contribution in [-0.4, -0.2) is 7.11 Å². The van der Waals surface area contributed by atoms with E-state index in [0.717, 1.165) is 11.6 Å². The summed E-state index contributed by atoms with van der Waals surface area (Å²) in [6.07, 6.45) is 2.15. The van der Waals surface area contributed by atoms with Gasteiger partial charge in [-0.25, -0.2) is 0 Å². The van der Waals surface area contributed by atoms with Crippen LogP contribution in [0.5, 0.6) is 5.75 Å². The quantitative estimate of drug-likeness (QED) is 0.488. The van der Waals surface area contributed by atoms with Crippen molar-refractivity contribution in [2.24, 2.45) is 0 Å². The van der Waals surface area contributed by atoms with E-state index in [2.05, 4.69) is 47.2 Å². The number of pyridine rings is 1. The Balaban J connectivity index is 2.31. The van der Waals surface area contributed by atoms with Crippen molar-refractivity contribution >= 4 is 33.4 Å². The lowest BCUT2D eigenvalue weighted by atomic mass is 10.1. The molecule has 4 rings (SSSR count). The number of ether oxygens (including phenoxy) is 1. The molecule has 0 saturated heterocycles. The molecule has 0 aliphatic carbocycles. The second-order valence-corrected chi connectivity index (χ2v) is 5.40. The summed E-state index contributed by atoms with van der Waals surface area (Å²) >= 11 is 1.84. The lowest BCUT2D eigenvalue weighted by Crippen LogP contribution is -2.34. The Labute approximate surface area is 109 Å². The zero-order valence-corrected chi connectivity index (χ0v) is 10.8. The average Bonchev–Trinajstić information content (AvgIpc) is 2.44. The molecule has 2 heterocycles. The Kier molecular flexibility index (Phi) is 2.06. The highest BCUT2D eigenvalue weighted by molar-refractivity contribution is 7.98. The minimum atomic E-state index is 0.948. The Morgan fingerprint density at radius 1 is 1.11 bits per heavy atom. The standard InChI is InChI=1S/C15H12NOS/c1-17-12-7-6-10-4-5-11-3-2-8-16-9-18-15(12)13(10)14(11)16/h2-8H,9H2,1H3/q+1. The molecule has 1 aromatic heterocycles. The third kappa shape index (κ3) is 1.22. The Morgan fingerprint density at radius 3 is 2.83 bits per heavy atom. The van der Waals surface area contributed by atoms with Crippen LogP contribution < -0.4 is 9.30 Å². The molecule has 0 amide bonds. The van der Waals surface area contributed by atoms with Gasteiger partial charge < -0.3 is 4.74 Å². The number of benzene rings is 2. The fraction of sp³-hybridized carbons (Fsp3) is 0.133. The van der Waals surface area contributed by atoms with Crippen molar-refractivity contribution in [3.8, 4) is 5.75 Å². The average molecular weight is 254 g/mol. The summed E-state index contributed by atoms with van der Waals surface area (Å²) in [4.78, 5) is 1.27. The first-order chi connectivity index (χ1) is 8.88. The van der Waals surface area contributed by atoms with Crippen LogP contribution >= 0.6 is 11.8 Å². The molecule has 18 heavy (non-hydrogen) atoms. The number of methoxy groups -OCH3 is 1. The first-order valence-electron chi connectivity index (χ1n) is 5.93. The van der Waals surface area contributed by atoms with Crippen LogP contribution in [0.2, 0.25) is 0 Å². The van der Waals surface area contributed by atoms with Crippen LogP contribution in [0.4, 0.5) is 0 Å². The van der Waals surface area contributed by atoms with Gasteiger partial charge >= 0.3 is 0 Å². The Hall–Kier alpha value is -1.74. The van der Waals surface area contributed by atoms with E-state index in [0.29, 0.717) is 0 Å². The minimum absolute atomic E-state index is 0.948. The highest BCUT2D eigenvalue weighted by Crippen LogP contribution is 2.41. The van der Waals surface area contributed by atoms with Crippen molar-refractivity contribution in [1.82, 2.24) is 0 Å². The van der Waals surface area contributed by atoms with E-state index in [9.17, 15) is 0 Å². The van der Waals surface area contributed by atoms with E-state index in [1.165, 1.54) is 26.6 Å². The summed E-state index contributed by atoms with van der Waals surface area (Å²) < 4.78 is 7.81. The maximum atomic E-state index is 5.49. The number of aromatic nitrogens is 1. The molecule has 0 atom stereocenters. The molecule has 2 aromatic carbocycles. The van der Waals surface area contributed by atoms with Gasteiger partial charge in [0.15, 0.2) is 12.1 Å². The SMILES string of the molecule is COc1ccc2ccc3ccc[n+]4c3c2c1SC4. The van der Waals surface area contributed by atoms with E-state index in [1.807, 2.05) is 11.8 Å². The third-order valence-corrected chi connectivity index (χ3v) is 4.60. The molecule has 3 heteroatoms. The van der Waals surface area contributed by atoms with Gasteiger partial charge in [-0.1, -0.05) is 23.9 Å². The number of thioether (sulfide) groups is 1. The number of rotatable bonds is 1. The molecule has 0 radical (unpaired) electrons. The second kappa shape index (κ2) is 3.62. The van der Waals surface area contributed by atoms with Crippen molar-refractivity contribution in [2.45, 2.75) is 10.8 Å². The van der Waals surface area contributed by atoms with E-state index in [1.54, 1.807) is 7.11 Å². The fourth-order valence-electron chi connectivity index (χ4n) is 2.68. The molecule has 0 unspecified atom stereocenters. The van der Waals surface area contributed by atoms with Gasteiger partial charge in [-0.05, 0) is 23.6 Å². The number of nitrogens with zero attached hydrogens (tertiary/aromatic N) is 1. The summed E-state index contributed by atoms with van der Waals surface area (Å²) in [5, 5.41) is 3.90. The molecule has 0 fully saturated rings. The van der Waals surface area contributed by atoms with Crippen LogP contribution in [0.15, 0.2) is 47.5 Å². The molecule has 2 nitrogen and oxygen atoms in total. The summed E-state index contributed by atoms with van der Waals surface area (Å²) in [5.41, 5.74) is 1.32. The largest absolute Gasteiger partial charge is 0.496 e. The topological polar surface area (TPSA) is 13.1 Å². The first-order valence-corrected chi connectivity index (χ1v) is 6.92. The predicted octanol–water partition coefficient (Wildman–Crippen LogP) is 3.35. The van der Waals surface area contributed by atoms with Crippen LogP contribution in [0, 0.1) is 0 Å². The van der Waals surface area contributed by atoms with Crippen LogP contribution in [0.1, 0.15) is 0 Å². The van der Waals surface area contributed by atoms with Gasteiger partial charge in [0.05, 0.1) is 17.4 Å². The molecule has 3 aromatic rings. The Bertz CT molecular complexity index is 782. The van der Waals surface area contributed by atoms with Gasteiger partial charge in [-0.15, -0.1) is 0 Å². The molecular weight excluding hydrogens is 242 g/mol. The summed E-state index contributed by atoms with van der Waals surface area (Å²) in [7, 11) is 1.74. The highest BCUT2D eigenvalue weighted by atomic mass is 32.2. The van der Waals surface area contributed by atoms with E-state index in [4.69, 9.17) is 4.74 Å². The van der Waals surface area contributed by atoms with Crippen molar-refractivity contribution in [3.63, 3.8) is 0 Å². The molecular formula is C15H12NOS+. The summed E-state index contributed by atoms with van der Waals surface area (Å²) in [6.45, 7) is 0. The molecule has 1 aliphatic rings. The lowest BCUT2D eigenvalue weighted by molar-refractivity contribution is -0.649. The maximum absolute atomic E-state index is 5.49. The molecule has 88 valence electrons. The molecule has 0 saturated carbocycles. The summed E-state index contributed by atoms with van der Waals surface area (Å²) in [5.74, 6) is 1.93. The molecule has 0 bridgehead atoms. The second-order valence-electron chi connectivity index (χ2n) is 4.45. The minimum Gasteiger partial charge on any atom is -0.496 e. The highest BCUT2D eigenvalue weighted by Gasteiger charge is 2.23. The van der Waals surface area contributed by atoms with Gasteiger partial charge in [0, 0.05) is 11.5 Å². The molecule has 1 aliphatic heterocycles. The lowest BCUT2D eigenvalue weighted by Gasteiger charge is -2.15. The van der Waals surface area contributed by atoms with Crippen molar-refractivity contribution < 1.29 is 9.30 Å². The Morgan fingerprint density at radius 2 is 1.94 bits per heavy atom. The smallest absolute Gasteiger partial charge is 0.222 e. The monoisotopic (exact) mass is 254 g/mol. The van der Waals surface area contributed by atoms with Crippen molar-refractivity contribution in [1.29, 1.82) is 0 Å². The first kappa shape index (κ1) is 10.2. The zero-order chi connectivity index (χ0) is 12.1. The van der Waals surface area contributed by atoms with E-state index >= 15 is 0 Å². The van der Waals surface area contributed by atoms with Gasteiger partial charge in [0.1, 0.15) is 5.75 Å². The van der Waals surface area contributed by atoms with Crippen LogP contribution in [0.3, 0.4) is 0 Å². The zero-order valence-electron chi connectivity index (χ0n) is 10.0. The molecule has 0 spiro atoms. The normalized spacial score (nSPS) is 13.4. The van der Waals surface area contributed by atoms with Gasteiger partial charge in [0.25, 0.3) is 0 Å². The van der Waals surface area contributed by atoms with Crippen LogP contribution in [0.25, 0.3) is 21.7 Å². The maximum Gasteiger partial charge on any atom is 0.222 e. The third-order valence-electron chi connectivity index (χ3n) is 3.50. The van der Waals surface area contributed by atoms with E-state index < -0.39 is 0 Å². The number of hydrogen-bond donors (Lipinski definition) is 0. The molecule has 0 N–H and O–H groups in total. The summed E-state index contributed by atoms with van der Waals surface area (Å²) in [6, 6.07) is 12.9. The van der Waals surface area contributed by atoms with Crippen molar-refractivity contribution in [3.05, 3.63) is 42.6 Å². The van der Waals surface area contributed by atoms with E-state index in [-0.39, 0.29) is 0 Å². The van der Waals surface area contributed by atoms with Gasteiger partial charge in [0.2, 0.25) is 5.52 Å². The number of hydrogen-bond acceptors (Lipinski definition) is 2. The van der Waals surface area contributed by atoms with Crippen LogP contribution in [-0.2, 0) is 5.88 Å². The van der Waals surface area contributed by atoms with Gasteiger partial charge in [-0.3, -0.25) is 0 Å².